The van der Waals surface area contributed by atoms with Gasteiger partial charge in [-0.1, -0.05) is 30.3 Å². The molecular weight excluding hydrogens is 324 g/mol. The molecule has 1 N–H and O–H groups in total. The van der Waals surface area contributed by atoms with Crippen LogP contribution in [0.5, 0.6) is 0 Å². The highest BCUT2D eigenvalue weighted by atomic mass is 16.6. The number of esters is 1. The molecule has 7 nitrogen and oxygen atoms in total. The van der Waals surface area contributed by atoms with Crippen LogP contribution < -0.4 is 5.32 Å². The molecule has 0 spiro atoms. The summed E-state index contributed by atoms with van der Waals surface area (Å²) in [5, 5.41) is 13.5. The van der Waals surface area contributed by atoms with Crippen LogP contribution in [0.25, 0.3) is 6.08 Å². The van der Waals surface area contributed by atoms with Crippen molar-refractivity contribution in [1.29, 1.82) is 0 Å². The smallest absolute Gasteiger partial charge is 0.337 e. The summed E-state index contributed by atoms with van der Waals surface area (Å²) in [5.74, 6) is -0.812. The van der Waals surface area contributed by atoms with Gasteiger partial charge in [-0.25, -0.2) is 4.79 Å². The average molecular weight is 340 g/mol. The van der Waals surface area contributed by atoms with Gasteiger partial charge in [0, 0.05) is 24.3 Å². The molecule has 0 unspecified atom stereocenters. The number of nitro benzene ring substituents is 1. The molecule has 2 aromatic rings. The van der Waals surface area contributed by atoms with Gasteiger partial charge >= 0.3 is 5.97 Å². The summed E-state index contributed by atoms with van der Waals surface area (Å²) in [6.45, 7) is 0.0571. The van der Waals surface area contributed by atoms with Crippen molar-refractivity contribution in [2.75, 3.05) is 7.11 Å². The Morgan fingerprint density at radius 2 is 1.84 bits per heavy atom. The standard InChI is InChI=1S/C18H16N2O5/c1-25-18(22)14-9-6-13(7-10-14)8-11-17(21)19-12-15-4-2-3-5-16(15)20(23)24/h2-11H,12H2,1H3,(H,19,21)/b11-8+. The monoisotopic (exact) mass is 340 g/mol. The zero-order valence-corrected chi connectivity index (χ0v) is 13.5. The molecule has 0 aromatic heterocycles. The van der Waals surface area contributed by atoms with E-state index in [4.69, 9.17) is 0 Å². The number of hydrogen-bond donors (Lipinski definition) is 1. The van der Waals surface area contributed by atoms with Crippen molar-refractivity contribution in [3.05, 3.63) is 81.4 Å². The molecule has 25 heavy (non-hydrogen) atoms. The summed E-state index contributed by atoms with van der Waals surface area (Å²) >= 11 is 0. The number of hydrogen-bond acceptors (Lipinski definition) is 5. The van der Waals surface area contributed by atoms with Crippen molar-refractivity contribution in [1.82, 2.24) is 5.32 Å². The van der Waals surface area contributed by atoms with Crippen molar-refractivity contribution in [3.63, 3.8) is 0 Å². The molecule has 0 saturated carbocycles. The quantitative estimate of drug-likeness (QED) is 0.377. The molecule has 1 amide bonds. The summed E-state index contributed by atoms with van der Waals surface area (Å²) in [6, 6.07) is 12.8. The molecule has 0 atom stereocenters. The summed E-state index contributed by atoms with van der Waals surface area (Å²) in [7, 11) is 1.30. The van der Waals surface area contributed by atoms with E-state index in [9.17, 15) is 19.7 Å². The highest BCUT2D eigenvalue weighted by molar-refractivity contribution is 5.92. The number of rotatable bonds is 6. The van der Waals surface area contributed by atoms with E-state index in [2.05, 4.69) is 10.1 Å². The maximum Gasteiger partial charge on any atom is 0.337 e. The number of nitrogens with zero attached hydrogens (tertiary/aromatic N) is 1. The zero-order valence-electron chi connectivity index (χ0n) is 13.5. The van der Waals surface area contributed by atoms with E-state index in [1.54, 1.807) is 48.5 Å². The van der Waals surface area contributed by atoms with E-state index in [0.717, 1.165) is 5.56 Å². The highest BCUT2D eigenvalue weighted by Gasteiger charge is 2.12. The van der Waals surface area contributed by atoms with Crippen LogP contribution >= 0.6 is 0 Å². The van der Waals surface area contributed by atoms with E-state index in [0.29, 0.717) is 11.1 Å². The second-order valence-electron chi connectivity index (χ2n) is 5.05. The Balaban J connectivity index is 1.95. The maximum atomic E-state index is 11.9. The van der Waals surface area contributed by atoms with E-state index in [1.807, 2.05) is 0 Å². The molecule has 128 valence electrons. The number of para-hydroxylation sites is 1. The number of carbonyl (C=O) groups is 2. The average Bonchev–Trinajstić information content (AvgIpc) is 2.64. The number of amides is 1. The Hall–Kier alpha value is -3.48. The molecule has 0 heterocycles. The predicted molar refractivity (Wildman–Crippen MR) is 91.8 cm³/mol. The molecule has 7 heteroatoms. The molecule has 0 aliphatic carbocycles. The highest BCUT2D eigenvalue weighted by Crippen LogP contribution is 2.17. The molecule has 2 aromatic carbocycles. The Bertz CT molecular complexity index is 812. The van der Waals surface area contributed by atoms with Crippen LogP contribution in [0.15, 0.2) is 54.6 Å². The van der Waals surface area contributed by atoms with Crippen LogP contribution in [-0.4, -0.2) is 23.9 Å². The number of ether oxygens (including phenoxy) is 1. The minimum absolute atomic E-state index is 0.0369. The number of methoxy groups -OCH3 is 1. The van der Waals surface area contributed by atoms with E-state index in [1.165, 1.54) is 19.3 Å². The SMILES string of the molecule is COC(=O)c1ccc(/C=C/C(=O)NCc2ccccc2[N+](=O)[O-])cc1. The lowest BCUT2D eigenvalue weighted by molar-refractivity contribution is -0.385. The molecule has 0 fully saturated rings. The van der Waals surface area contributed by atoms with Gasteiger partial charge in [0.15, 0.2) is 0 Å². The maximum absolute atomic E-state index is 11.9. The first-order valence-corrected chi connectivity index (χ1v) is 7.38. The molecule has 0 aliphatic heterocycles. The van der Waals surface area contributed by atoms with Gasteiger partial charge in [-0.3, -0.25) is 14.9 Å². The van der Waals surface area contributed by atoms with E-state index < -0.39 is 10.9 Å². The van der Waals surface area contributed by atoms with Crippen molar-refractivity contribution in [2.24, 2.45) is 0 Å². The molecule has 0 saturated heterocycles. The summed E-state index contributed by atoms with van der Waals surface area (Å²) in [4.78, 5) is 33.6. The van der Waals surface area contributed by atoms with E-state index in [-0.39, 0.29) is 18.1 Å². The van der Waals surface area contributed by atoms with Crippen molar-refractivity contribution < 1.29 is 19.2 Å². The Morgan fingerprint density at radius 1 is 1.16 bits per heavy atom. The molecule has 2 rings (SSSR count). The first-order chi connectivity index (χ1) is 12.0. The lowest BCUT2D eigenvalue weighted by atomic mass is 10.1. The van der Waals surface area contributed by atoms with Crippen LogP contribution in [0.1, 0.15) is 21.5 Å². The van der Waals surface area contributed by atoms with Gasteiger partial charge in [0.2, 0.25) is 5.91 Å². The number of benzene rings is 2. The summed E-state index contributed by atoms with van der Waals surface area (Å²) in [5.41, 5.74) is 1.54. The summed E-state index contributed by atoms with van der Waals surface area (Å²) in [6.07, 6.45) is 2.90. The molecule has 0 bridgehead atoms. The Kier molecular flexibility index (Phi) is 6.00. The topological polar surface area (TPSA) is 98.5 Å². The van der Waals surface area contributed by atoms with Crippen LogP contribution in [0.4, 0.5) is 5.69 Å². The van der Waals surface area contributed by atoms with Gasteiger partial charge in [0.1, 0.15) is 0 Å². The predicted octanol–water partition coefficient (Wildman–Crippen LogP) is 2.71. The van der Waals surface area contributed by atoms with Crippen LogP contribution in [0.2, 0.25) is 0 Å². The van der Waals surface area contributed by atoms with E-state index >= 15 is 0 Å². The fraction of sp³-hybridized carbons (Fsp3) is 0.111. The molecular formula is C18H16N2O5. The Labute approximate surface area is 144 Å². The van der Waals surface area contributed by atoms with Gasteiger partial charge in [0.05, 0.1) is 17.6 Å². The van der Waals surface area contributed by atoms with Gasteiger partial charge < -0.3 is 10.1 Å². The molecule has 0 aliphatic rings. The minimum Gasteiger partial charge on any atom is -0.465 e. The first kappa shape index (κ1) is 17.9. The second kappa shape index (κ2) is 8.39. The molecule has 0 radical (unpaired) electrons. The largest absolute Gasteiger partial charge is 0.465 e. The normalized spacial score (nSPS) is 10.4. The number of carbonyl (C=O) groups excluding carboxylic acids is 2. The van der Waals surface area contributed by atoms with Gasteiger partial charge in [-0.2, -0.15) is 0 Å². The van der Waals surface area contributed by atoms with Gasteiger partial charge in [-0.15, -0.1) is 0 Å². The van der Waals surface area contributed by atoms with Crippen LogP contribution in [0.3, 0.4) is 0 Å². The fourth-order valence-corrected chi connectivity index (χ4v) is 2.10. The lowest BCUT2D eigenvalue weighted by Gasteiger charge is -2.03. The lowest BCUT2D eigenvalue weighted by Crippen LogP contribution is -2.20. The third kappa shape index (κ3) is 5.00. The number of nitro groups is 1. The van der Waals surface area contributed by atoms with Gasteiger partial charge in [-0.05, 0) is 23.8 Å². The van der Waals surface area contributed by atoms with Crippen LogP contribution in [-0.2, 0) is 16.1 Å². The van der Waals surface area contributed by atoms with Crippen molar-refractivity contribution in [2.45, 2.75) is 6.54 Å². The third-order valence-corrected chi connectivity index (χ3v) is 3.40. The number of nitrogens with one attached hydrogen (secondary N) is 1. The first-order valence-electron chi connectivity index (χ1n) is 7.38. The Morgan fingerprint density at radius 3 is 2.48 bits per heavy atom. The third-order valence-electron chi connectivity index (χ3n) is 3.40. The van der Waals surface area contributed by atoms with Crippen molar-refractivity contribution >= 4 is 23.6 Å². The fourth-order valence-electron chi connectivity index (χ4n) is 2.10. The van der Waals surface area contributed by atoms with Gasteiger partial charge in [0.25, 0.3) is 5.69 Å². The van der Waals surface area contributed by atoms with Crippen LogP contribution in [0, 0.1) is 10.1 Å². The zero-order chi connectivity index (χ0) is 18.2. The minimum atomic E-state index is -0.486. The summed E-state index contributed by atoms with van der Waals surface area (Å²) < 4.78 is 4.61. The second-order valence-corrected chi connectivity index (χ2v) is 5.05. The van der Waals surface area contributed by atoms with Crippen molar-refractivity contribution in [3.8, 4) is 0 Å².